The summed E-state index contributed by atoms with van der Waals surface area (Å²) in [4.78, 5) is 4.25. The van der Waals surface area contributed by atoms with Gasteiger partial charge in [0.25, 0.3) is 0 Å². The van der Waals surface area contributed by atoms with Gasteiger partial charge in [-0.3, -0.25) is 4.65 Å². The van der Waals surface area contributed by atoms with E-state index in [1.165, 1.54) is 51.4 Å². The van der Waals surface area contributed by atoms with Crippen molar-refractivity contribution in [3.05, 3.63) is 29.5 Å². The number of unbranched alkanes of at least 4 members (excludes halogenated alkanes) is 9. The van der Waals surface area contributed by atoms with Gasteiger partial charge in [-0.05, 0) is 18.9 Å². The highest BCUT2D eigenvalue weighted by atomic mass is 16.5. The van der Waals surface area contributed by atoms with Crippen LogP contribution in [0.1, 0.15) is 71.1 Å². The Morgan fingerprint density at radius 1 is 0.864 bits per heavy atom. The van der Waals surface area contributed by atoms with E-state index in [1.807, 2.05) is 24.3 Å². The predicted octanol–water partition coefficient (Wildman–Crippen LogP) is 6.09. The number of aliphatic imine (C=N–C) groups is 1. The quantitative estimate of drug-likeness (QED) is 0.277. The van der Waals surface area contributed by atoms with Crippen molar-refractivity contribution in [2.45, 2.75) is 71.1 Å². The summed E-state index contributed by atoms with van der Waals surface area (Å²) in [5.74, 6) is 0. The van der Waals surface area contributed by atoms with Crippen molar-refractivity contribution in [3.63, 3.8) is 0 Å². The van der Waals surface area contributed by atoms with Gasteiger partial charge in [0.15, 0.2) is 12.0 Å². The Morgan fingerprint density at radius 2 is 1.45 bits per heavy atom. The van der Waals surface area contributed by atoms with Crippen LogP contribution in [-0.4, -0.2) is 12.9 Å². The SMILES string of the molecule is CCCCCCCCCCCC[N+]1([O-])C=Nc2ccccc21. The summed E-state index contributed by atoms with van der Waals surface area (Å²) in [5.41, 5.74) is 1.64. The molecule has 1 aromatic carbocycles. The first-order valence-corrected chi connectivity index (χ1v) is 9.00. The first kappa shape index (κ1) is 17.2. The Hall–Kier alpha value is -1.19. The molecular weight excluding hydrogens is 272 g/mol. The fourth-order valence-corrected chi connectivity index (χ4v) is 3.12. The van der Waals surface area contributed by atoms with Crippen molar-refractivity contribution < 1.29 is 0 Å². The number of quaternary nitrogens is 1. The molecule has 0 spiro atoms. The van der Waals surface area contributed by atoms with Crippen LogP contribution in [0.15, 0.2) is 29.3 Å². The number of para-hydroxylation sites is 2. The Balaban J connectivity index is 1.55. The standard InChI is InChI=1S/C19H30N2O/c1-2-3-4-5-6-7-8-9-10-13-16-21(22)17-20-18-14-11-12-15-19(18)21/h11-12,14-15,17H,2-10,13,16H2,1H3. The Labute approximate surface area is 135 Å². The molecule has 0 saturated carbocycles. The maximum atomic E-state index is 12.7. The number of hydrogen-bond acceptors (Lipinski definition) is 2. The van der Waals surface area contributed by atoms with Crippen molar-refractivity contribution >= 4 is 17.7 Å². The molecule has 22 heavy (non-hydrogen) atoms. The first-order valence-electron chi connectivity index (χ1n) is 9.00. The minimum Gasteiger partial charge on any atom is -0.621 e. The summed E-state index contributed by atoms with van der Waals surface area (Å²) < 4.78 is -0.368. The molecule has 0 radical (unpaired) electrons. The second kappa shape index (κ2) is 9.06. The summed E-state index contributed by atoms with van der Waals surface area (Å²) >= 11 is 0. The molecule has 122 valence electrons. The molecular formula is C19H30N2O. The number of hydroxylamine groups is 2. The number of benzene rings is 1. The summed E-state index contributed by atoms with van der Waals surface area (Å²) in [5, 5.41) is 12.7. The van der Waals surface area contributed by atoms with E-state index < -0.39 is 0 Å². The average molecular weight is 302 g/mol. The maximum Gasteiger partial charge on any atom is 0.195 e. The van der Waals surface area contributed by atoms with E-state index in [4.69, 9.17) is 0 Å². The molecule has 0 fully saturated rings. The van der Waals surface area contributed by atoms with Gasteiger partial charge in [0.2, 0.25) is 0 Å². The zero-order valence-corrected chi connectivity index (χ0v) is 14.0. The molecule has 1 heterocycles. The number of nitrogens with zero attached hydrogens (tertiary/aromatic N) is 2. The highest BCUT2D eigenvalue weighted by molar-refractivity contribution is 5.89. The van der Waals surface area contributed by atoms with Crippen LogP contribution in [0.5, 0.6) is 0 Å². The molecule has 1 aliphatic rings. The molecule has 0 amide bonds. The van der Waals surface area contributed by atoms with Crippen LogP contribution in [0.25, 0.3) is 0 Å². The van der Waals surface area contributed by atoms with E-state index in [9.17, 15) is 5.21 Å². The van der Waals surface area contributed by atoms with E-state index in [1.54, 1.807) is 6.34 Å². The summed E-state index contributed by atoms with van der Waals surface area (Å²) in [6.45, 7) is 2.88. The van der Waals surface area contributed by atoms with Gasteiger partial charge in [0.05, 0.1) is 6.54 Å². The van der Waals surface area contributed by atoms with E-state index >= 15 is 0 Å². The Kier molecular flexibility index (Phi) is 7.07. The van der Waals surface area contributed by atoms with Gasteiger partial charge < -0.3 is 5.21 Å². The molecule has 1 unspecified atom stereocenters. The molecule has 3 heteroatoms. The van der Waals surface area contributed by atoms with Gasteiger partial charge in [0, 0.05) is 6.07 Å². The fraction of sp³-hybridized carbons (Fsp3) is 0.632. The third-order valence-electron chi connectivity index (χ3n) is 4.52. The third kappa shape index (κ3) is 4.92. The number of rotatable bonds is 11. The molecule has 1 aliphatic heterocycles. The highest BCUT2D eigenvalue weighted by Crippen LogP contribution is 2.37. The zero-order chi connectivity index (χ0) is 15.7. The molecule has 0 aliphatic carbocycles. The summed E-state index contributed by atoms with van der Waals surface area (Å²) in [6.07, 6.45) is 14.5. The van der Waals surface area contributed by atoms with Crippen molar-refractivity contribution in [1.29, 1.82) is 0 Å². The maximum absolute atomic E-state index is 12.7. The topological polar surface area (TPSA) is 35.4 Å². The van der Waals surface area contributed by atoms with Gasteiger partial charge >= 0.3 is 0 Å². The first-order chi connectivity index (χ1) is 10.8. The smallest absolute Gasteiger partial charge is 0.195 e. The number of hydrogen-bond donors (Lipinski definition) is 0. The Morgan fingerprint density at radius 3 is 2.14 bits per heavy atom. The van der Waals surface area contributed by atoms with Gasteiger partial charge in [-0.25, -0.2) is 0 Å². The normalized spacial score (nSPS) is 19.5. The molecule has 1 aromatic rings. The second-order valence-corrected chi connectivity index (χ2v) is 6.43. The van der Waals surface area contributed by atoms with Gasteiger partial charge in [-0.2, -0.15) is 4.99 Å². The molecule has 0 saturated heterocycles. The van der Waals surface area contributed by atoms with Gasteiger partial charge in [-0.15, -0.1) is 0 Å². The molecule has 0 N–H and O–H groups in total. The molecule has 1 atom stereocenters. The van der Waals surface area contributed by atoms with Crippen LogP contribution in [0.2, 0.25) is 0 Å². The van der Waals surface area contributed by atoms with Crippen LogP contribution >= 0.6 is 0 Å². The van der Waals surface area contributed by atoms with Crippen molar-refractivity contribution in [1.82, 2.24) is 4.65 Å². The van der Waals surface area contributed by atoms with Crippen molar-refractivity contribution in [3.8, 4) is 0 Å². The molecule has 3 nitrogen and oxygen atoms in total. The summed E-state index contributed by atoms with van der Waals surface area (Å²) in [7, 11) is 0. The number of fused-ring (bicyclic) bond motifs is 1. The van der Waals surface area contributed by atoms with E-state index in [-0.39, 0.29) is 4.65 Å². The minimum atomic E-state index is -0.368. The third-order valence-corrected chi connectivity index (χ3v) is 4.52. The lowest BCUT2D eigenvalue weighted by Crippen LogP contribution is -2.40. The lowest BCUT2D eigenvalue weighted by atomic mass is 10.1. The average Bonchev–Trinajstić information content (AvgIpc) is 2.87. The van der Waals surface area contributed by atoms with Gasteiger partial charge in [0.1, 0.15) is 5.69 Å². The monoisotopic (exact) mass is 302 g/mol. The largest absolute Gasteiger partial charge is 0.621 e. The van der Waals surface area contributed by atoms with Crippen LogP contribution in [0.4, 0.5) is 11.4 Å². The Bertz CT molecular complexity index is 472. The van der Waals surface area contributed by atoms with Crippen LogP contribution in [-0.2, 0) is 0 Å². The van der Waals surface area contributed by atoms with Crippen LogP contribution in [0, 0.1) is 5.21 Å². The van der Waals surface area contributed by atoms with Crippen molar-refractivity contribution in [2.75, 3.05) is 6.54 Å². The minimum absolute atomic E-state index is 0.368. The van der Waals surface area contributed by atoms with Crippen molar-refractivity contribution in [2.24, 2.45) is 4.99 Å². The van der Waals surface area contributed by atoms with Gasteiger partial charge in [-0.1, -0.05) is 70.4 Å². The molecule has 0 aromatic heterocycles. The fourth-order valence-electron chi connectivity index (χ4n) is 3.12. The zero-order valence-electron chi connectivity index (χ0n) is 14.0. The van der Waals surface area contributed by atoms with E-state index in [2.05, 4.69) is 11.9 Å². The highest BCUT2D eigenvalue weighted by Gasteiger charge is 2.26. The lowest BCUT2D eigenvalue weighted by Gasteiger charge is -2.34. The van der Waals surface area contributed by atoms with E-state index in [0.29, 0.717) is 6.54 Å². The van der Waals surface area contributed by atoms with E-state index in [0.717, 1.165) is 24.2 Å². The molecule has 2 rings (SSSR count). The predicted molar refractivity (Wildman–Crippen MR) is 96.5 cm³/mol. The van der Waals surface area contributed by atoms with Crippen LogP contribution in [0.3, 0.4) is 0 Å². The lowest BCUT2D eigenvalue weighted by molar-refractivity contribution is 0.500. The molecule has 0 bridgehead atoms. The summed E-state index contributed by atoms with van der Waals surface area (Å²) in [6, 6.07) is 7.69. The van der Waals surface area contributed by atoms with Crippen LogP contribution < -0.4 is 4.65 Å². The second-order valence-electron chi connectivity index (χ2n) is 6.43.